The van der Waals surface area contributed by atoms with Crippen molar-refractivity contribution in [2.45, 2.75) is 264 Å². The lowest BCUT2D eigenvalue weighted by atomic mass is 10.0. The molecule has 0 saturated carbocycles. The van der Waals surface area contributed by atoms with Crippen LogP contribution in [0.1, 0.15) is 258 Å². The second-order valence-electron chi connectivity index (χ2n) is 18.7. The van der Waals surface area contributed by atoms with Crippen LogP contribution in [-0.4, -0.2) is 72.1 Å². The van der Waals surface area contributed by atoms with Gasteiger partial charge in [-0.05, 0) is 51.4 Å². The van der Waals surface area contributed by atoms with Crippen LogP contribution >= 0.6 is 36.4 Å². The highest BCUT2D eigenvalue weighted by atomic mass is 32.1. The molecule has 0 aliphatic heterocycles. The van der Waals surface area contributed by atoms with Crippen molar-refractivity contribution in [3.05, 3.63) is 0 Å². The van der Waals surface area contributed by atoms with Gasteiger partial charge in [0, 0.05) is 25.9 Å². The largest absolute Gasteiger partial charge is 0.483 e. The Kier molecular flexibility index (Phi) is 48.3. The van der Waals surface area contributed by atoms with Crippen molar-refractivity contribution in [3.63, 3.8) is 0 Å². The Labute approximate surface area is 425 Å². The summed E-state index contributed by atoms with van der Waals surface area (Å²) in [6.45, 7) is 4.13. The smallest absolute Gasteiger partial charge is 0.353 e. The molecule has 3 unspecified atom stereocenters. The number of unbranched alkanes of at least 4 members (excludes halogenated alkanes) is 32. The molecule has 0 fully saturated rings. The Bertz CT molecular complexity index is 1260. The number of carbonyl (C=O) groups is 2. The van der Waals surface area contributed by atoms with Crippen molar-refractivity contribution in [3.8, 4) is 0 Å². The fourth-order valence-electron chi connectivity index (χ4n) is 7.86. The van der Waals surface area contributed by atoms with Crippen LogP contribution in [-0.2, 0) is 49.9 Å². The fourth-order valence-corrected chi connectivity index (χ4v) is 10.1. The third-order valence-electron chi connectivity index (χ3n) is 12.0. The maximum Gasteiger partial charge on any atom is 0.483 e. The average Bonchev–Trinajstić information content (AvgIpc) is 3.31. The lowest BCUT2D eigenvalue weighted by molar-refractivity contribution is -0.121. The van der Waals surface area contributed by atoms with Gasteiger partial charge < -0.3 is 25.3 Å². The molecule has 0 spiro atoms. The first-order valence-electron chi connectivity index (χ1n) is 27.4. The molecule has 20 heteroatoms. The van der Waals surface area contributed by atoms with Crippen LogP contribution in [0.25, 0.3) is 0 Å². The summed E-state index contributed by atoms with van der Waals surface area (Å²) in [6, 6.07) is 0. The summed E-state index contributed by atoms with van der Waals surface area (Å²) < 4.78 is 66.0. The number of phosphoric ester groups is 3. The zero-order valence-corrected chi connectivity index (χ0v) is 46.9. The van der Waals surface area contributed by atoms with Crippen LogP contribution < -0.4 is 10.6 Å². The molecule has 0 saturated heterocycles. The Morgan fingerprint density at radius 2 is 0.623 bits per heavy atom. The standard InChI is InChI=1S/C49H101N2O14P3S/c1-3-5-7-9-11-13-15-17-19-21-23-25-27-29-31-35-41-60-66(54,55)62-43-37-33-39-48(52)50-45-47(64-68(58,59)65-69)46-51-49(53)40-34-38-44-63-67(56,57)61-42-36-32-30-28-26-24-22-20-18-16-14-12-10-8-6-4-2/h47,69H,3-46H2,1-2H3,(H,50,52)(H,51,53)(H,54,55)(H,56,57)(H,58,59). The first kappa shape index (κ1) is 68.6. The highest BCUT2D eigenvalue weighted by molar-refractivity contribution is 7.80. The van der Waals surface area contributed by atoms with Crippen molar-refractivity contribution < 1.29 is 64.6 Å². The Morgan fingerprint density at radius 3 is 0.870 bits per heavy atom. The summed E-state index contributed by atoms with van der Waals surface area (Å²) in [7, 11) is -13.0. The van der Waals surface area contributed by atoms with Crippen molar-refractivity contribution in [2.75, 3.05) is 39.5 Å². The molecule has 16 nitrogen and oxygen atoms in total. The molecule has 2 amide bonds. The summed E-state index contributed by atoms with van der Waals surface area (Å²) in [5.74, 6) is -0.840. The van der Waals surface area contributed by atoms with Gasteiger partial charge in [0.05, 0.1) is 26.4 Å². The van der Waals surface area contributed by atoms with Crippen molar-refractivity contribution in [1.82, 2.24) is 10.6 Å². The number of nitrogens with one attached hydrogen (secondary N) is 2. The van der Waals surface area contributed by atoms with Crippen LogP contribution in [0.5, 0.6) is 0 Å². The minimum absolute atomic E-state index is 0.0332. The molecule has 0 aliphatic rings. The number of carbonyl (C=O) groups excluding carboxylic acids is 2. The number of phosphoric acid groups is 3. The molecule has 412 valence electrons. The van der Waals surface area contributed by atoms with Gasteiger partial charge in [0.15, 0.2) is 0 Å². The van der Waals surface area contributed by atoms with Gasteiger partial charge in [-0.1, -0.05) is 206 Å². The molecular formula is C49H101N2O14P3S. The van der Waals surface area contributed by atoms with E-state index in [0.29, 0.717) is 38.5 Å². The predicted octanol–water partition coefficient (Wildman–Crippen LogP) is 14.7. The normalized spacial score (nSPS) is 14.8. The van der Waals surface area contributed by atoms with Crippen molar-refractivity contribution >= 4 is 48.2 Å². The minimum Gasteiger partial charge on any atom is -0.353 e. The molecule has 0 aromatic carbocycles. The highest BCUT2D eigenvalue weighted by Crippen LogP contribution is 2.46. The van der Waals surface area contributed by atoms with E-state index in [1.165, 1.54) is 154 Å². The molecule has 0 rings (SSSR count). The number of rotatable bonds is 55. The van der Waals surface area contributed by atoms with E-state index in [2.05, 4.69) is 41.4 Å². The molecule has 0 bridgehead atoms. The van der Waals surface area contributed by atoms with E-state index in [0.717, 1.165) is 38.5 Å². The fraction of sp³-hybridized carbons (Fsp3) is 0.959. The minimum atomic E-state index is -4.59. The summed E-state index contributed by atoms with van der Waals surface area (Å²) in [4.78, 5) is 54.7. The van der Waals surface area contributed by atoms with Gasteiger partial charge in [-0.15, -0.1) is 0 Å². The monoisotopic (exact) mass is 1070 g/mol. The van der Waals surface area contributed by atoms with Gasteiger partial charge >= 0.3 is 23.5 Å². The lowest BCUT2D eigenvalue weighted by Gasteiger charge is -2.20. The Balaban J connectivity index is 4.01. The first-order chi connectivity index (χ1) is 33.3. The van der Waals surface area contributed by atoms with Gasteiger partial charge in [-0.2, -0.15) is 0 Å². The van der Waals surface area contributed by atoms with Crippen LogP contribution in [0.4, 0.5) is 0 Å². The quantitative estimate of drug-likeness (QED) is 0.0144. The third kappa shape index (κ3) is 50.9. The second kappa shape index (κ2) is 48.6. The van der Waals surface area contributed by atoms with Crippen LogP contribution in [0.15, 0.2) is 0 Å². The predicted molar refractivity (Wildman–Crippen MR) is 281 cm³/mol. The molecule has 0 aromatic rings. The molecular weight excluding hydrogens is 966 g/mol. The summed E-state index contributed by atoms with van der Waals surface area (Å²) in [5, 5.41) is 5.15. The number of hydrogen-bond donors (Lipinski definition) is 6. The van der Waals surface area contributed by atoms with Gasteiger partial charge in [-0.3, -0.25) is 32.2 Å². The van der Waals surface area contributed by atoms with Crippen LogP contribution in [0.3, 0.4) is 0 Å². The van der Waals surface area contributed by atoms with Gasteiger partial charge in [-0.25, -0.2) is 17.7 Å². The molecule has 0 aromatic heterocycles. The Hall–Kier alpha value is -0.380. The van der Waals surface area contributed by atoms with Crippen LogP contribution in [0.2, 0.25) is 0 Å². The summed E-state index contributed by atoms with van der Waals surface area (Å²) >= 11 is 3.36. The van der Waals surface area contributed by atoms with Crippen LogP contribution in [0, 0.1) is 0 Å². The van der Waals surface area contributed by atoms with E-state index in [1.54, 1.807) is 0 Å². The zero-order valence-electron chi connectivity index (χ0n) is 43.3. The third-order valence-corrected chi connectivity index (χ3v) is 15.5. The maximum absolute atomic E-state index is 12.5. The molecule has 3 atom stereocenters. The van der Waals surface area contributed by atoms with E-state index in [9.17, 15) is 38.0 Å². The highest BCUT2D eigenvalue weighted by Gasteiger charge is 2.27. The number of hydrogen-bond acceptors (Lipinski definition) is 12. The number of thiol groups is 1. The molecule has 0 radical (unpaired) electrons. The molecule has 0 heterocycles. The van der Waals surface area contributed by atoms with Gasteiger partial charge in [0.25, 0.3) is 0 Å². The summed E-state index contributed by atoms with van der Waals surface area (Å²) in [5.41, 5.74) is 0. The van der Waals surface area contributed by atoms with Crippen molar-refractivity contribution in [2.24, 2.45) is 0 Å². The summed E-state index contributed by atoms with van der Waals surface area (Å²) in [6.07, 6.45) is 39.7. The van der Waals surface area contributed by atoms with E-state index < -0.39 is 41.4 Å². The zero-order chi connectivity index (χ0) is 51.0. The second-order valence-corrected chi connectivity index (χ2v) is 23.4. The Morgan fingerprint density at radius 1 is 0.391 bits per heavy atom. The SMILES string of the molecule is CCCCCCCCCCCCCCCCCCOP(=O)(O)OCCCCC(=O)NCC(CNC(=O)CCCCOP(=O)(O)OCCCCCCCCCCCCCCCCCC)OP(=O)(O)OS. The van der Waals surface area contributed by atoms with E-state index in [4.69, 9.17) is 22.6 Å². The van der Waals surface area contributed by atoms with E-state index in [-0.39, 0.29) is 52.4 Å². The molecule has 5 N–H and O–H groups in total. The van der Waals surface area contributed by atoms with E-state index in [1.807, 2.05) is 0 Å². The van der Waals surface area contributed by atoms with E-state index >= 15 is 0 Å². The van der Waals surface area contributed by atoms with Gasteiger partial charge in [0.1, 0.15) is 6.10 Å². The molecule has 0 aliphatic carbocycles. The average molecular weight is 1070 g/mol. The maximum atomic E-state index is 12.5. The first-order valence-corrected chi connectivity index (χ1v) is 32.2. The lowest BCUT2D eigenvalue weighted by Crippen LogP contribution is -2.41. The topological polar surface area (TPSA) is 225 Å². The number of amides is 2. The van der Waals surface area contributed by atoms with Crippen molar-refractivity contribution in [1.29, 1.82) is 0 Å². The van der Waals surface area contributed by atoms with Gasteiger partial charge in [0.2, 0.25) is 11.8 Å². The molecule has 69 heavy (non-hydrogen) atoms.